The van der Waals surface area contributed by atoms with Gasteiger partial charge in [-0.25, -0.2) is 0 Å². The molecule has 0 amide bonds. The molecule has 1 atom stereocenters. The molecule has 3 nitrogen and oxygen atoms in total. The van der Waals surface area contributed by atoms with Crippen LogP contribution in [0.1, 0.15) is 68.9 Å². The third kappa shape index (κ3) is 2.59. The van der Waals surface area contributed by atoms with E-state index in [0.717, 1.165) is 11.5 Å². The van der Waals surface area contributed by atoms with E-state index >= 15 is 0 Å². The fourth-order valence-electron chi connectivity index (χ4n) is 2.29. The highest BCUT2D eigenvalue weighted by Gasteiger charge is 2.19. The fourth-order valence-corrected chi connectivity index (χ4v) is 2.29. The Morgan fingerprint density at radius 2 is 2.00 bits per heavy atom. The van der Waals surface area contributed by atoms with Crippen LogP contribution in [0.2, 0.25) is 0 Å². The summed E-state index contributed by atoms with van der Waals surface area (Å²) in [4.78, 5) is 0. The van der Waals surface area contributed by atoms with Gasteiger partial charge in [0.2, 0.25) is 0 Å². The highest BCUT2D eigenvalue weighted by atomic mass is 16.5. The Hall–Kier alpha value is -0.830. The second kappa shape index (κ2) is 4.79. The molecule has 1 saturated carbocycles. The van der Waals surface area contributed by atoms with Crippen LogP contribution in [0.3, 0.4) is 0 Å². The minimum atomic E-state index is -0.0444. The molecule has 0 radical (unpaired) electrons. The summed E-state index contributed by atoms with van der Waals surface area (Å²) in [5.41, 5.74) is 6.87. The molecule has 1 aromatic rings. The molecular weight excluding hydrogens is 188 g/mol. The van der Waals surface area contributed by atoms with Gasteiger partial charge in [-0.15, -0.1) is 0 Å². The summed E-state index contributed by atoms with van der Waals surface area (Å²) in [6.45, 7) is 1.93. The summed E-state index contributed by atoms with van der Waals surface area (Å²) in [6, 6.07) is 2.00. The van der Waals surface area contributed by atoms with E-state index in [0.29, 0.717) is 5.92 Å². The van der Waals surface area contributed by atoms with Crippen LogP contribution in [0.15, 0.2) is 10.6 Å². The minimum Gasteiger partial charge on any atom is -0.359 e. The first-order valence-electron chi connectivity index (χ1n) is 5.99. The van der Waals surface area contributed by atoms with E-state index in [2.05, 4.69) is 5.16 Å². The van der Waals surface area contributed by atoms with E-state index in [1.807, 2.05) is 13.0 Å². The lowest BCUT2D eigenvalue weighted by atomic mass is 9.96. The lowest BCUT2D eigenvalue weighted by molar-refractivity contribution is 0.356. The van der Waals surface area contributed by atoms with Crippen molar-refractivity contribution in [1.82, 2.24) is 5.16 Å². The molecule has 1 aromatic heterocycles. The van der Waals surface area contributed by atoms with Crippen LogP contribution < -0.4 is 5.73 Å². The predicted molar refractivity (Wildman–Crippen MR) is 59.5 cm³/mol. The number of nitrogens with zero attached hydrogens (tertiary/aromatic N) is 1. The molecule has 15 heavy (non-hydrogen) atoms. The summed E-state index contributed by atoms with van der Waals surface area (Å²) in [7, 11) is 0. The number of rotatable bonds is 2. The molecule has 1 aliphatic carbocycles. The van der Waals surface area contributed by atoms with Crippen molar-refractivity contribution in [3.8, 4) is 0 Å². The Bertz CT molecular complexity index is 298. The molecule has 0 bridgehead atoms. The third-order valence-corrected chi connectivity index (χ3v) is 3.27. The van der Waals surface area contributed by atoms with Gasteiger partial charge in [0, 0.05) is 12.0 Å². The van der Waals surface area contributed by atoms with Crippen molar-refractivity contribution in [3.05, 3.63) is 17.5 Å². The smallest absolute Gasteiger partial charge is 0.153 e. The highest BCUT2D eigenvalue weighted by Crippen LogP contribution is 2.31. The summed E-state index contributed by atoms with van der Waals surface area (Å²) in [6.07, 6.45) is 7.90. The van der Waals surface area contributed by atoms with Gasteiger partial charge in [-0.05, 0) is 19.8 Å². The predicted octanol–water partition coefficient (Wildman–Crippen LogP) is 3.13. The van der Waals surface area contributed by atoms with Crippen LogP contribution in [0.5, 0.6) is 0 Å². The lowest BCUT2D eigenvalue weighted by Crippen LogP contribution is -2.03. The van der Waals surface area contributed by atoms with Crippen LogP contribution in [-0.2, 0) is 0 Å². The normalized spacial score (nSPS) is 21.2. The topological polar surface area (TPSA) is 52.0 Å². The Labute approximate surface area is 91.0 Å². The molecule has 0 saturated heterocycles. The van der Waals surface area contributed by atoms with Gasteiger partial charge >= 0.3 is 0 Å². The first-order valence-corrected chi connectivity index (χ1v) is 5.99. The summed E-state index contributed by atoms with van der Waals surface area (Å²) < 4.78 is 5.25. The Morgan fingerprint density at radius 3 is 2.53 bits per heavy atom. The van der Waals surface area contributed by atoms with Gasteiger partial charge in [0.15, 0.2) is 5.76 Å². The molecule has 2 N–H and O–H groups in total. The average molecular weight is 208 g/mol. The van der Waals surface area contributed by atoms with E-state index in [-0.39, 0.29) is 6.04 Å². The van der Waals surface area contributed by atoms with E-state index in [9.17, 15) is 0 Å². The van der Waals surface area contributed by atoms with Gasteiger partial charge in [0.1, 0.15) is 0 Å². The quantitative estimate of drug-likeness (QED) is 0.760. The second-order valence-electron chi connectivity index (χ2n) is 4.63. The van der Waals surface area contributed by atoms with Crippen molar-refractivity contribution in [3.63, 3.8) is 0 Å². The zero-order valence-corrected chi connectivity index (χ0v) is 9.41. The van der Waals surface area contributed by atoms with E-state index in [4.69, 9.17) is 10.3 Å². The van der Waals surface area contributed by atoms with Gasteiger partial charge in [0.25, 0.3) is 0 Å². The van der Waals surface area contributed by atoms with Crippen LogP contribution in [0, 0.1) is 0 Å². The summed E-state index contributed by atoms with van der Waals surface area (Å²) in [5.74, 6) is 1.41. The molecule has 1 fully saturated rings. The third-order valence-electron chi connectivity index (χ3n) is 3.27. The molecule has 0 aliphatic heterocycles. The first kappa shape index (κ1) is 10.7. The van der Waals surface area contributed by atoms with Crippen molar-refractivity contribution < 1.29 is 4.52 Å². The zero-order chi connectivity index (χ0) is 10.7. The maximum atomic E-state index is 5.75. The first-order chi connectivity index (χ1) is 7.27. The van der Waals surface area contributed by atoms with Crippen molar-refractivity contribution in [2.75, 3.05) is 0 Å². The van der Waals surface area contributed by atoms with Crippen molar-refractivity contribution in [2.24, 2.45) is 5.73 Å². The number of hydrogen-bond acceptors (Lipinski definition) is 3. The second-order valence-corrected chi connectivity index (χ2v) is 4.63. The molecular formula is C12H20N2O. The Morgan fingerprint density at radius 1 is 1.33 bits per heavy atom. The Balaban J connectivity index is 2.06. The summed E-state index contributed by atoms with van der Waals surface area (Å²) in [5, 5.41) is 4.15. The molecule has 3 heteroatoms. The van der Waals surface area contributed by atoms with E-state index in [1.54, 1.807) is 0 Å². The monoisotopic (exact) mass is 208 g/mol. The Kier molecular flexibility index (Phi) is 3.41. The number of hydrogen-bond donors (Lipinski definition) is 1. The highest BCUT2D eigenvalue weighted by molar-refractivity contribution is 5.12. The van der Waals surface area contributed by atoms with Gasteiger partial charge < -0.3 is 10.3 Å². The van der Waals surface area contributed by atoms with Crippen LogP contribution in [0.4, 0.5) is 0 Å². The SMILES string of the molecule is CC(N)c1cc(C2CCCCCC2)no1. The molecule has 84 valence electrons. The van der Waals surface area contributed by atoms with E-state index < -0.39 is 0 Å². The van der Waals surface area contributed by atoms with Crippen molar-refractivity contribution >= 4 is 0 Å². The van der Waals surface area contributed by atoms with Gasteiger partial charge in [-0.2, -0.15) is 0 Å². The van der Waals surface area contributed by atoms with Crippen molar-refractivity contribution in [2.45, 2.75) is 57.4 Å². The largest absolute Gasteiger partial charge is 0.359 e. The van der Waals surface area contributed by atoms with Crippen LogP contribution in [-0.4, -0.2) is 5.16 Å². The van der Waals surface area contributed by atoms with Crippen LogP contribution >= 0.6 is 0 Å². The van der Waals surface area contributed by atoms with Crippen molar-refractivity contribution in [1.29, 1.82) is 0 Å². The van der Waals surface area contributed by atoms with Gasteiger partial charge in [-0.1, -0.05) is 30.8 Å². The molecule has 1 unspecified atom stereocenters. The standard InChI is InChI=1S/C12H20N2O/c1-9(13)12-8-11(14-15-12)10-6-4-2-3-5-7-10/h8-10H,2-7,13H2,1H3. The zero-order valence-electron chi connectivity index (χ0n) is 9.41. The van der Waals surface area contributed by atoms with E-state index in [1.165, 1.54) is 38.5 Å². The number of nitrogens with two attached hydrogens (primary N) is 1. The van der Waals surface area contributed by atoms with Gasteiger partial charge in [-0.3, -0.25) is 0 Å². The van der Waals surface area contributed by atoms with Gasteiger partial charge in [0.05, 0.1) is 11.7 Å². The number of aromatic nitrogens is 1. The molecule has 0 spiro atoms. The molecule has 1 aliphatic rings. The minimum absolute atomic E-state index is 0.0444. The molecule has 0 aromatic carbocycles. The molecule has 2 rings (SSSR count). The van der Waals surface area contributed by atoms with Crippen LogP contribution in [0.25, 0.3) is 0 Å². The molecule has 1 heterocycles. The average Bonchev–Trinajstić information content (AvgIpc) is 2.55. The lowest BCUT2D eigenvalue weighted by Gasteiger charge is -2.08. The maximum Gasteiger partial charge on any atom is 0.153 e. The fraction of sp³-hybridized carbons (Fsp3) is 0.750. The maximum absolute atomic E-state index is 5.75. The summed E-state index contributed by atoms with van der Waals surface area (Å²) >= 11 is 0.